The maximum Gasteiger partial charge on any atom is 0.381 e. The van der Waals surface area contributed by atoms with Gasteiger partial charge in [-0.15, -0.1) is 0 Å². The standard InChI is InChI=1S/C13H17F2NO3/c1-13(14,15)12(17)19-9-5-3-2-4-6-16-7-10-18-11-8-16/h2-6,9H,7-8,10-11H2,1H3/b3-2+,6-4+,9-5-. The van der Waals surface area contributed by atoms with Crippen LogP contribution in [0.2, 0.25) is 0 Å². The number of rotatable bonds is 5. The lowest BCUT2D eigenvalue weighted by Crippen LogP contribution is -2.31. The Balaban J connectivity index is 2.22. The van der Waals surface area contributed by atoms with Crippen molar-refractivity contribution in [1.29, 1.82) is 0 Å². The highest BCUT2D eigenvalue weighted by atomic mass is 19.3. The number of nitrogens with zero attached hydrogens (tertiary/aromatic N) is 1. The average molecular weight is 273 g/mol. The Kier molecular flexibility index (Phi) is 6.21. The number of carbonyl (C=O) groups excluding carboxylic acids is 1. The molecular formula is C13H17F2NO3. The number of esters is 1. The Morgan fingerprint density at radius 1 is 1.21 bits per heavy atom. The van der Waals surface area contributed by atoms with Crippen LogP contribution in [0.4, 0.5) is 8.78 Å². The Labute approximate surface area is 111 Å². The van der Waals surface area contributed by atoms with Gasteiger partial charge in [-0.25, -0.2) is 4.79 Å². The fourth-order valence-electron chi connectivity index (χ4n) is 1.28. The summed E-state index contributed by atoms with van der Waals surface area (Å²) in [6, 6.07) is 0. The van der Waals surface area contributed by atoms with Crippen LogP contribution >= 0.6 is 0 Å². The minimum absolute atomic E-state index is 0.490. The van der Waals surface area contributed by atoms with E-state index in [-0.39, 0.29) is 0 Å². The SMILES string of the molecule is CC(F)(F)C(=O)O\C=C/C=C/C=C/N1CCOCC1. The largest absolute Gasteiger partial charge is 0.430 e. The molecule has 0 amide bonds. The quantitative estimate of drug-likeness (QED) is 0.437. The Morgan fingerprint density at radius 2 is 1.84 bits per heavy atom. The van der Waals surface area contributed by atoms with Gasteiger partial charge in [-0.1, -0.05) is 12.2 Å². The third-order valence-electron chi connectivity index (χ3n) is 2.29. The molecule has 6 heteroatoms. The maximum atomic E-state index is 12.4. The topological polar surface area (TPSA) is 38.8 Å². The zero-order chi connectivity index (χ0) is 14.1. The zero-order valence-corrected chi connectivity index (χ0v) is 10.7. The lowest BCUT2D eigenvalue weighted by atomic mass is 10.4. The van der Waals surface area contributed by atoms with Crippen LogP contribution in [0.1, 0.15) is 6.92 Å². The Hall–Kier alpha value is -1.69. The average Bonchev–Trinajstić information content (AvgIpc) is 2.37. The number of hydrogen-bond acceptors (Lipinski definition) is 4. The van der Waals surface area contributed by atoms with Gasteiger partial charge in [0.25, 0.3) is 0 Å². The summed E-state index contributed by atoms with van der Waals surface area (Å²) in [5.74, 6) is -5.04. The Bertz CT molecular complexity index is 367. The molecule has 0 aromatic carbocycles. The third kappa shape index (κ3) is 6.71. The van der Waals surface area contributed by atoms with Gasteiger partial charge in [0.2, 0.25) is 0 Å². The van der Waals surface area contributed by atoms with E-state index in [4.69, 9.17) is 4.74 Å². The number of allylic oxidation sites excluding steroid dienone is 4. The van der Waals surface area contributed by atoms with Crippen molar-refractivity contribution in [3.05, 3.63) is 36.8 Å². The first kappa shape index (κ1) is 15.4. The van der Waals surface area contributed by atoms with Gasteiger partial charge in [0.15, 0.2) is 0 Å². The fraction of sp³-hybridized carbons (Fsp3) is 0.462. The summed E-state index contributed by atoms with van der Waals surface area (Å²) >= 11 is 0. The second kappa shape index (κ2) is 7.68. The van der Waals surface area contributed by atoms with Gasteiger partial charge < -0.3 is 14.4 Å². The van der Waals surface area contributed by atoms with Crippen molar-refractivity contribution in [1.82, 2.24) is 4.90 Å². The van der Waals surface area contributed by atoms with E-state index in [9.17, 15) is 13.6 Å². The molecule has 1 aliphatic heterocycles. The van der Waals surface area contributed by atoms with Crippen LogP contribution in [0.3, 0.4) is 0 Å². The molecule has 0 aromatic rings. The normalized spacial score (nSPS) is 17.7. The molecule has 0 atom stereocenters. The van der Waals surface area contributed by atoms with Crippen LogP contribution in [-0.4, -0.2) is 43.1 Å². The van der Waals surface area contributed by atoms with Gasteiger partial charge in [0.1, 0.15) is 0 Å². The zero-order valence-electron chi connectivity index (χ0n) is 10.7. The van der Waals surface area contributed by atoms with E-state index in [0.717, 1.165) is 32.6 Å². The van der Waals surface area contributed by atoms with Gasteiger partial charge in [-0.3, -0.25) is 0 Å². The second-order valence-corrected chi connectivity index (χ2v) is 4.00. The van der Waals surface area contributed by atoms with E-state index in [1.54, 1.807) is 12.2 Å². The van der Waals surface area contributed by atoms with E-state index < -0.39 is 11.9 Å². The van der Waals surface area contributed by atoms with E-state index in [0.29, 0.717) is 6.92 Å². The number of hydrogen-bond donors (Lipinski definition) is 0. The summed E-state index contributed by atoms with van der Waals surface area (Å²) in [4.78, 5) is 12.8. The molecule has 1 fully saturated rings. The molecule has 1 heterocycles. The van der Waals surface area contributed by atoms with Gasteiger partial charge >= 0.3 is 11.9 Å². The van der Waals surface area contributed by atoms with Crippen LogP contribution in [0, 0.1) is 0 Å². The highest BCUT2D eigenvalue weighted by Gasteiger charge is 2.33. The van der Waals surface area contributed by atoms with Crippen LogP contribution in [0.5, 0.6) is 0 Å². The summed E-state index contributed by atoms with van der Waals surface area (Å²) in [6.45, 7) is 3.63. The second-order valence-electron chi connectivity index (χ2n) is 4.00. The minimum Gasteiger partial charge on any atom is -0.430 e. The van der Waals surface area contributed by atoms with E-state index in [1.807, 2.05) is 12.3 Å². The summed E-state index contributed by atoms with van der Waals surface area (Å²) in [7, 11) is 0. The molecule has 19 heavy (non-hydrogen) atoms. The van der Waals surface area contributed by atoms with Crippen molar-refractivity contribution in [2.75, 3.05) is 26.3 Å². The number of morpholine rings is 1. The molecule has 0 unspecified atom stereocenters. The molecule has 1 saturated heterocycles. The molecule has 4 nitrogen and oxygen atoms in total. The van der Waals surface area contributed by atoms with Crippen molar-refractivity contribution in [3.63, 3.8) is 0 Å². The molecule has 0 aromatic heterocycles. The molecule has 0 radical (unpaired) electrons. The van der Waals surface area contributed by atoms with Crippen molar-refractivity contribution >= 4 is 5.97 Å². The molecule has 1 rings (SSSR count). The van der Waals surface area contributed by atoms with E-state index >= 15 is 0 Å². The molecular weight excluding hydrogens is 256 g/mol. The van der Waals surface area contributed by atoms with Crippen LogP contribution in [0.15, 0.2) is 36.8 Å². The first-order valence-corrected chi connectivity index (χ1v) is 5.91. The molecule has 106 valence electrons. The van der Waals surface area contributed by atoms with E-state index in [2.05, 4.69) is 9.64 Å². The van der Waals surface area contributed by atoms with Crippen molar-refractivity contribution in [2.45, 2.75) is 12.8 Å². The predicted molar refractivity (Wildman–Crippen MR) is 66.5 cm³/mol. The predicted octanol–water partition coefficient (Wildman–Crippen LogP) is 2.10. The first-order valence-electron chi connectivity index (χ1n) is 5.91. The Morgan fingerprint density at radius 3 is 2.47 bits per heavy atom. The number of carbonyl (C=O) groups is 1. The van der Waals surface area contributed by atoms with Gasteiger partial charge in [-0.05, 0) is 18.4 Å². The van der Waals surface area contributed by atoms with Gasteiger partial charge in [0.05, 0.1) is 19.5 Å². The first-order chi connectivity index (χ1) is 9.00. The maximum absolute atomic E-state index is 12.4. The molecule has 0 bridgehead atoms. The molecule has 0 saturated carbocycles. The minimum atomic E-state index is -3.47. The monoisotopic (exact) mass is 273 g/mol. The van der Waals surface area contributed by atoms with Gasteiger partial charge in [-0.2, -0.15) is 8.78 Å². The van der Waals surface area contributed by atoms with Crippen LogP contribution < -0.4 is 0 Å². The number of halogens is 2. The highest BCUT2D eigenvalue weighted by Crippen LogP contribution is 2.13. The summed E-state index contributed by atoms with van der Waals surface area (Å²) in [6.07, 6.45) is 9.32. The highest BCUT2D eigenvalue weighted by molar-refractivity contribution is 5.77. The van der Waals surface area contributed by atoms with Gasteiger partial charge in [0, 0.05) is 20.0 Å². The molecule has 1 aliphatic rings. The lowest BCUT2D eigenvalue weighted by Gasteiger charge is -2.24. The molecule has 0 aliphatic carbocycles. The third-order valence-corrected chi connectivity index (χ3v) is 2.29. The van der Waals surface area contributed by atoms with Crippen molar-refractivity contribution in [3.8, 4) is 0 Å². The lowest BCUT2D eigenvalue weighted by molar-refractivity contribution is -0.162. The summed E-state index contributed by atoms with van der Waals surface area (Å²) in [5, 5.41) is 0. The smallest absolute Gasteiger partial charge is 0.381 e. The fourth-order valence-corrected chi connectivity index (χ4v) is 1.28. The number of alkyl halides is 2. The van der Waals surface area contributed by atoms with E-state index in [1.165, 1.54) is 6.08 Å². The molecule has 0 N–H and O–H groups in total. The van der Waals surface area contributed by atoms with Crippen molar-refractivity contribution < 1.29 is 23.0 Å². The van der Waals surface area contributed by atoms with Crippen molar-refractivity contribution in [2.24, 2.45) is 0 Å². The summed E-state index contributed by atoms with van der Waals surface area (Å²) in [5.41, 5.74) is 0. The molecule has 0 spiro atoms. The van der Waals surface area contributed by atoms with Crippen LogP contribution in [-0.2, 0) is 14.3 Å². The number of ether oxygens (including phenoxy) is 2. The summed E-state index contributed by atoms with van der Waals surface area (Å²) < 4.78 is 34.2. The van der Waals surface area contributed by atoms with Crippen LogP contribution in [0.25, 0.3) is 0 Å².